The number of rotatable bonds is 2. The Balaban J connectivity index is 1.80. The Morgan fingerprint density at radius 3 is 3.10 bits per heavy atom. The summed E-state index contributed by atoms with van der Waals surface area (Å²) < 4.78 is 1.23. The van der Waals surface area contributed by atoms with Crippen molar-refractivity contribution in [2.45, 2.75) is 25.8 Å². The van der Waals surface area contributed by atoms with E-state index in [1.54, 1.807) is 11.3 Å². The minimum atomic E-state index is 0.142. The van der Waals surface area contributed by atoms with E-state index in [0.717, 1.165) is 36.9 Å². The molecule has 1 aromatic heterocycles. The summed E-state index contributed by atoms with van der Waals surface area (Å²) >= 11 is 1.71. The Morgan fingerprint density at radius 1 is 1.45 bits per heavy atom. The van der Waals surface area contributed by atoms with E-state index in [0.29, 0.717) is 5.92 Å². The summed E-state index contributed by atoms with van der Waals surface area (Å²) in [5.41, 5.74) is 6.78. The zero-order chi connectivity index (χ0) is 14.1. The van der Waals surface area contributed by atoms with Crippen molar-refractivity contribution in [2.75, 3.05) is 13.1 Å². The maximum Gasteiger partial charge on any atom is 0.253 e. The molecule has 2 aromatic rings. The molecule has 1 amide bonds. The summed E-state index contributed by atoms with van der Waals surface area (Å²) in [6, 6.07) is 8.21. The van der Waals surface area contributed by atoms with Crippen LogP contribution in [0.15, 0.2) is 29.6 Å². The fraction of sp³-hybridized carbons (Fsp3) is 0.438. The number of nitrogens with zero attached hydrogens (tertiary/aromatic N) is 1. The molecule has 1 aliphatic rings. The van der Waals surface area contributed by atoms with Gasteiger partial charge in [-0.3, -0.25) is 4.79 Å². The van der Waals surface area contributed by atoms with Crippen molar-refractivity contribution in [3.05, 3.63) is 35.2 Å². The van der Waals surface area contributed by atoms with Gasteiger partial charge in [0.05, 0.1) is 0 Å². The van der Waals surface area contributed by atoms with Gasteiger partial charge in [-0.2, -0.15) is 0 Å². The first-order valence-electron chi connectivity index (χ1n) is 7.17. The molecule has 0 bridgehead atoms. The van der Waals surface area contributed by atoms with Crippen LogP contribution in [0, 0.1) is 5.92 Å². The topological polar surface area (TPSA) is 46.3 Å². The van der Waals surface area contributed by atoms with E-state index in [4.69, 9.17) is 5.73 Å². The zero-order valence-electron chi connectivity index (χ0n) is 11.7. The number of piperidine rings is 1. The van der Waals surface area contributed by atoms with Crippen LogP contribution in [-0.4, -0.2) is 29.9 Å². The van der Waals surface area contributed by atoms with Crippen molar-refractivity contribution in [2.24, 2.45) is 11.7 Å². The van der Waals surface area contributed by atoms with E-state index in [-0.39, 0.29) is 11.9 Å². The van der Waals surface area contributed by atoms with Crippen molar-refractivity contribution in [3.8, 4) is 0 Å². The molecule has 4 heteroatoms. The van der Waals surface area contributed by atoms with Gasteiger partial charge in [0, 0.05) is 29.4 Å². The van der Waals surface area contributed by atoms with Crippen LogP contribution in [0.1, 0.15) is 30.1 Å². The summed E-state index contributed by atoms with van der Waals surface area (Å²) in [4.78, 5) is 14.6. The van der Waals surface area contributed by atoms with E-state index in [2.05, 4.69) is 11.4 Å². The van der Waals surface area contributed by atoms with Gasteiger partial charge >= 0.3 is 0 Å². The summed E-state index contributed by atoms with van der Waals surface area (Å²) in [5, 5.41) is 3.22. The predicted molar refractivity (Wildman–Crippen MR) is 84.1 cm³/mol. The van der Waals surface area contributed by atoms with Gasteiger partial charge in [-0.1, -0.05) is 0 Å². The number of carbonyl (C=O) groups excluding carboxylic acids is 1. The first-order valence-corrected chi connectivity index (χ1v) is 8.05. The summed E-state index contributed by atoms with van der Waals surface area (Å²) in [5.74, 6) is 0.570. The van der Waals surface area contributed by atoms with Gasteiger partial charge in [-0.05, 0) is 60.7 Å². The standard InChI is InChI=1S/C16H20N2OS/c1-11(17)14-3-2-7-18(10-14)16(19)13-4-5-15-12(9-13)6-8-20-15/h4-6,8-9,11,14H,2-3,7,10,17H2,1H3/t11-,14-/m0/s1. The van der Waals surface area contributed by atoms with Crippen LogP contribution in [0.3, 0.4) is 0 Å². The maximum absolute atomic E-state index is 12.6. The lowest BCUT2D eigenvalue weighted by molar-refractivity contribution is 0.0661. The number of hydrogen-bond donors (Lipinski definition) is 1. The van der Waals surface area contributed by atoms with E-state index in [1.165, 1.54) is 4.70 Å². The fourth-order valence-electron chi connectivity index (χ4n) is 2.91. The molecule has 1 saturated heterocycles. The SMILES string of the molecule is C[C@H](N)[C@H]1CCCN(C(=O)c2ccc3sccc3c2)C1. The second kappa shape index (κ2) is 5.54. The molecule has 0 unspecified atom stereocenters. The molecule has 3 rings (SSSR count). The van der Waals surface area contributed by atoms with Gasteiger partial charge in [0.1, 0.15) is 0 Å². The van der Waals surface area contributed by atoms with Gasteiger partial charge < -0.3 is 10.6 Å². The molecule has 106 valence electrons. The van der Waals surface area contributed by atoms with Gasteiger partial charge in [-0.15, -0.1) is 11.3 Å². The molecule has 1 aliphatic heterocycles. The number of thiophene rings is 1. The quantitative estimate of drug-likeness (QED) is 0.923. The first kappa shape index (κ1) is 13.6. The molecule has 1 aromatic carbocycles. The average Bonchev–Trinajstić information content (AvgIpc) is 2.94. The minimum Gasteiger partial charge on any atom is -0.338 e. The third-order valence-corrected chi connectivity index (χ3v) is 5.09. The zero-order valence-corrected chi connectivity index (χ0v) is 12.5. The molecule has 3 nitrogen and oxygen atoms in total. The third-order valence-electron chi connectivity index (χ3n) is 4.19. The first-order chi connectivity index (χ1) is 9.65. The monoisotopic (exact) mass is 288 g/mol. The highest BCUT2D eigenvalue weighted by Crippen LogP contribution is 2.24. The second-order valence-electron chi connectivity index (χ2n) is 5.69. The molecular formula is C16H20N2OS. The number of nitrogens with two attached hydrogens (primary N) is 1. The van der Waals surface area contributed by atoms with Crippen LogP contribution in [0.5, 0.6) is 0 Å². The average molecular weight is 288 g/mol. The van der Waals surface area contributed by atoms with Gasteiger partial charge in [-0.25, -0.2) is 0 Å². The number of amides is 1. The lowest BCUT2D eigenvalue weighted by Crippen LogP contribution is -2.45. The van der Waals surface area contributed by atoms with Crippen molar-refractivity contribution < 1.29 is 4.79 Å². The Morgan fingerprint density at radius 2 is 2.30 bits per heavy atom. The summed E-state index contributed by atoms with van der Waals surface area (Å²) in [6.07, 6.45) is 2.18. The van der Waals surface area contributed by atoms with Gasteiger partial charge in [0.2, 0.25) is 0 Å². The Kier molecular flexibility index (Phi) is 3.76. The molecule has 2 heterocycles. The van der Waals surface area contributed by atoms with E-state index in [1.807, 2.05) is 30.0 Å². The van der Waals surface area contributed by atoms with Crippen LogP contribution in [0.4, 0.5) is 0 Å². The highest BCUT2D eigenvalue weighted by molar-refractivity contribution is 7.17. The number of benzene rings is 1. The smallest absolute Gasteiger partial charge is 0.253 e. The minimum absolute atomic E-state index is 0.142. The summed E-state index contributed by atoms with van der Waals surface area (Å²) in [6.45, 7) is 3.68. The van der Waals surface area contributed by atoms with Crippen LogP contribution in [0.25, 0.3) is 10.1 Å². The van der Waals surface area contributed by atoms with Crippen molar-refractivity contribution >= 4 is 27.3 Å². The summed E-state index contributed by atoms with van der Waals surface area (Å²) in [7, 11) is 0. The molecular weight excluding hydrogens is 268 g/mol. The van der Waals surface area contributed by atoms with Crippen molar-refractivity contribution in [1.29, 1.82) is 0 Å². The molecule has 0 radical (unpaired) electrons. The Hall–Kier alpha value is -1.39. The van der Waals surface area contributed by atoms with Crippen LogP contribution in [0.2, 0.25) is 0 Å². The highest BCUT2D eigenvalue weighted by Gasteiger charge is 2.26. The van der Waals surface area contributed by atoms with Gasteiger partial charge in [0.15, 0.2) is 0 Å². The molecule has 0 saturated carbocycles. The largest absolute Gasteiger partial charge is 0.338 e. The van der Waals surface area contributed by atoms with Crippen LogP contribution in [-0.2, 0) is 0 Å². The van der Waals surface area contributed by atoms with E-state index < -0.39 is 0 Å². The highest BCUT2D eigenvalue weighted by atomic mass is 32.1. The van der Waals surface area contributed by atoms with Gasteiger partial charge in [0.25, 0.3) is 5.91 Å². The maximum atomic E-state index is 12.6. The number of likely N-dealkylation sites (tertiary alicyclic amines) is 1. The second-order valence-corrected chi connectivity index (χ2v) is 6.63. The molecule has 2 atom stereocenters. The van der Waals surface area contributed by atoms with Crippen LogP contribution < -0.4 is 5.73 Å². The van der Waals surface area contributed by atoms with Crippen molar-refractivity contribution in [3.63, 3.8) is 0 Å². The Labute approximate surface area is 123 Å². The molecule has 20 heavy (non-hydrogen) atoms. The number of hydrogen-bond acceptors (Lipinski definition) is 3. The Bertz CT molecular complexity index is 620. The van der Waals surface area contributed by atoms with Crippen molar-refractivity contribution in [1.82, 2.24) is 4.90 Å². The number of carbonyl (C=O) groups is 1. The third kappa shape index (κ3) is 2.58. The molecule has 1 fully saturated rings. The molecule has 0 spiro atoms. The number of fused-ring (bicyclic) bond motifs is 1. The van der Waals surface area contributed by atoms with E-state index >= 15 is 0 Å². The fourth-order valence-corrected chi connectivity index (χ4v) is 3.68. The normalized spacial score (nSPS) is 21.1. The predicted octanol–water partition coefficient (Wildman–Crippen LogP) is 3.10. The molecule has 0 aliphatic carbocycles. The lowest BCUT2D eigenvalue weighted by Gasteiger charge is -2.34. The molecule has 2 N–H and O–H groups in total. The lowest BCUT2D eigenvalue weighted by atomic mass is 9.92. The van der Waals surface area contributed by atoms with E-state index in [9.17, 15) is 4.79 Å². The van der Waals surface area contributed by atoms with Crippen LogP contribution >= 0.6 is 11.3 Å².